The number of nitrogens with one attached hydrogen (secondary N) is 1. The van der Waals surface area contributed by atoms with Crippen molar-refractivity contribution in [3.8, 4) is 5.75 Å². The molecule has 224 valence electrons. The number of amides is 1. The Morgan fingerprint density at radius 1 is 0.976 bits per heavy atom. The van der Waals surface area contributed by atoms with Gasteiger partial charge in [0.1, 0.15) is 5.75 Å². The number of nitrogens with zero attached hydrogens (tertiary/aromatic N) is 1. The van der Waals surface area contributed by atoms with Crippen molar-refractivity contribution in [1.29, 1.82) is 0 Å². The molecule has 1 amide bonds. The maximum Gasteiger partial charge on any atom is 0.298 e. The number of carbonyl (C=O) groups is 1. The Balaban J connectivity index is 1.32. The molecule has 3 aliphatic rings. The lowest BCUT2D eigenvalue weighted by Crippen LogP contribution is -2.60. The van der Waals surface area contributed by atoms with Crippen LogP contribution in [0.25, 0.3) is 10.8 Å². The van der Waals surface area contributed by atoms with Gasteiger partial charge >= 0.3 is 0 Å². The van der Waals surface area contributed by atoms with E-state index in [-0.39, 0.29) is 29.1 Å². The van der Waals surface area contributed by atoms with Crippen molar-refractivity contribution >= 4 is 42.6 Å². The van der Waals surface area contributed by atoms with Crippen LogP contribution in [0, 0.1) is 0 Å². The van der Waals surface area contributed by atoms with Gasteiger partial charge in [0, 0.05) is 28.2 Å². The van der Waals surface area contributed by atoms with Crippen molar-refractivity contribution in [3.05, 3.63) is 70.7 Å². The van der Waals surface area contributed by atoms with Gasteiger partial charge in [0.15, 0.2) is 6.04 Å². The summed E-state index contributed by atoms with van der Waals surface area (Å²) < 4.78 is 68.4. The molecule has 2 unspecified atom stereocenters. The molecular weight excluding hydrogens is 628 g/mol. The molecule has 11 heteroatoms. The third-order valence-electron chi connectivity index (χ3n) is 8.81. The predicted molar refractivity (Wildman–Crippen MR) is 160 cm³/mol. The molecule has 2 heterocycles. The Morgan fingerprint density at radius 2 is 1.64 bits per heavy atom. The van der Waals surface area contributed by atoms with E-state index in [2.05, 4.69) is 20.7 Å². The van der Waals surface area contributed by atoms with Gasteiger partial charge in [-0.3, -0.25) is 4.79 Å². The van der Waals surface area contributed by atoms with Crippen LogP contribution in [-0.4, -0.2) is 49.5 Å². The number of alkyl halides is 2. The average Bonchev–Trinajstić information content (AvgIpc) is 3.56. The van der Waals surface area contributed by atoms with Gasteiger partial charge in [0.25, 0.3) is 5.92 Å². The minimum absolute atomic E-state index is 0.117. The highest BCUT2D eigenvalue weighted by atomic mass is 79.9. The molecule has 2 bridgehead atoms. The van der Waals surface area contributed by atoms with E-state index in [0.29, 0.717) is 41.3 Å². The average molecular weight is 663 g/mol. The molecule has 3 aromatic rings. The molecular formula is C31H34BrF2N3O4S. The standard InChI is InChI=1S/C31H34BrF2N3O4S/c32-22-5-3-4-21(16-22)31(33,34)29(30(38)37-24-10-11-25(37)18-23(35)17-24)36-42(39,40)28-13-9-19-14-27(12-8-20(19)15-28)41-26-6-1-2-7-26/h3-5,8-9,12-16,23-26,29,36H,1-2,6-7,10-11,17-18,35H2/t23?,24?,25?,29-/m1/s1. The fourth-order valence-corrected chi connectivity index (χ4v) is 8.36. The van der Waals surface area contributed by atoms with E-state index in [9.17, 15) is 13.2 Å². The van der Waals surface area contributed by atoms with Crippen LogP contribution in [0.4, 0.5) is 8.78 Å². The fourth-order valence-electron chi connectivity index (χ4n) is 6.73. The summed E-state index contributed by atoms with van der Waals surface area (Å²) in [4.78, 5) is 15.2. The number of nitrogens with two attached hydrogens (primary N) is 1. The van der Waals surface area contributed by atoms with E-state index in [1.165, 1.54) is 35.2 Å². The fraction of sp³-hybridized carbons (Fsp3) is 0.452. The van der Waals surface area contributed by atoms with Gasteiger partial charge in [0.2, 0.25) is 15.9 Å². The van der Waals surface area contributed by atoms with Gasteiger partial charge in [-0.15, -0.1) is 0 Å². The molecule has 3 N–H and O–H groups in total. The molecule has 0 radical (unpaired) electrons. The Morgan fingerprint density at radius 3 is 2.33 bits per heavy atom. The van der Waals surface area contributed by atoms with E-state index >= 15 is 8.78 Å². The summed E-state index contributed by atoms with van der Waals surface area (Å²) >= 11 is 3.21. The molecule has 3 aromatic carbocycles. The van der Waals surface area contributed by atoms with Crippen molar-refractivity contribution in [1.82, 2.24) is 9.62 Å². The molecule has 2 saturated heterocycles. The lowest BCUT2D eigenvalue weighted by atomic mass is 9.95. The number of ether oxygens (including phenoxy) is 1. The first-order chi connectivity index (χ1) is 20.0. The van der Waals surface area contributed by atoms with Gasteiger partial charge in [-0.2, -0.15) is 13.5 Å². The van der Waals surface area contributed by atoms with E-state index in [1.54, 1.807) is 24.3 Å². The second-order valence-corrected chi connectivity index (χ2v) is 14.4. The van der Waals surface area contributed by atoms with Crippen molar-refractivity contribution in [3.63, 3.8) is 0 Å². The summed E-state index contributed by atoms with van der Waals surface area (Å²) in [6, 6.07) is 12.2. The monoisotopic (exact) mass is 661 g/mol. The first-order valence-corrected chi connectivity index (χ1v) is 16.7. The molecule has 0 spiro atoms. The Labute approximate surface area is 253 Å². The van der Waals surface area contributed by atoms with Crippen LogP contribution >= 0.6 is 15.9 Å². The first-order valence-electron chi connectivity index (χ1n) is 14.5. The predicted octanol–water partition coefficient (Wildman–Crippen LogP) is 5.84. The highest BCUT2D eigenvalue weighted by Gasteiger charge is 2.53. The smallest absolute Gasteiger partial charge is 0.298 e. The highest BCUT2D eigenvalue weighted by molar-refractivity contribution is 9.10. The number of piperidine rings is 1. The van der Waals surface area contributed by atoms with Crippen LogP contribution < -0.4 is 15.2 Å². The molecule has 42 heavy (non-hydrogen) atoms. The Bertz CT molecular complexity index is 1580. The minimum Gasteiger partial charge on any atom is -0.490 e. The maximum absolute atomic E-state index is 16.2. The van der Waals surface area contributed by atoms with Crippen LogP contribution in [0.15, 0.2) is 70.0 Å². The van der Waals surface area contributed by atoms with Crippen LogP contribution in [0.2, 0.25) is 0 Å². The van der Waals surface area contributed by atoms with Crippen molar-refractivity contribution < 1.29 is 26.7 Å². The number of fused-ring (bicyclic) bond motifs is 3. The summed E-state index contributed by atoms with van der Waals surface area (Å²) in [6.07, 6.45) is 6.80. The van der Waals surface area contributed by atoms with Crippen LogP contribution in [0.5, 0.6) is 5.75 Å². The summed E-state index contributed by atoms with van der Waals surface area (Å²) in [5, 5.41) is 1.37. The molecule has 3 fully saturated rings. The third-order valence-corrected chi connectivity index (χ3v) is 10.7. The zero-order valence-corrected chi connectivity index (χ0v) is 25.4. The number of hydrogen-bond donors (Lipinski definition) is 2. The zero-order valence-electron chi connectivity index (χ0n) is 23.0. The van der Waals surface area contributed by atoms with E-state index in [4.69, 9.17) is 10.5 Å². The number of carbonyl (C=O) groups excluding carboxylic acids is 1. The number of rotatable bonds is 8. The summed E-state index contributed by atoms with van der Waals surface area (Å²) in [5.41, 5.74) is 5.68. The molecule has 7 nitrogen and oxygen atoms in total. The lowest BCUT2D eigenvalue weighted by molar-refractivity contribution is -0.149. The van der Waals surface area contributed by atoms with Gasteiger partial charge in [-0.05, 0) is 98.5 Å². The SMILES string of the molecule is NC1CC2CCC(C1)N2C(=O)[C@@H](NS(=O)(=O)c1ccc2cc(OC3CCCC3)ccc2c1)C(F)(F)c1cccc(Br)c1. The Hall–Kier alpha value is -2.60. The summed E-state index contributed by atoms with van der Waals surface area (Å²) in [6.45, 7) is 0. The first kappa shape index (κ1) is 29.5. The van der Waals surface area contributed by atoms with Gasteiger partial charge in [-0.25, -0.2) is 8.42 Å². The van der Waals surface area contributed by atoms with Crippen molar-refractivity contribution in [2.24, 2.45) is 5.73 Å². The molecule has 2 aliphatic heterocycles. The van der Waals surface area contributed by atoms with Crippen molar-refractivity contribution in [2.75, 3.05) is 0 Å². The van der Waals surface area contributed by atoms with Gasteiger partial charge in [-0.1, -0.05) is 40.2 Å². The number of sulfonamides is 1. The molecule has 1 saturated carbocycles. The van der Waals surface area contributed by atoms with E-state index in [0.717, 1.165) is 31.1 Å². The molecule has 6 rings (SSSR count). The highest BCUT2D eigenvalue weighted by Crippen LogP contribution is 2.40. The minimum atomic E-state index is -4.54. The molecule has 0 aromatic heterocycles. The van der Waals surface area contributed by atoms with Crippen LogP contribution in [0.1, 0.15) is 56.9 Å². The number of benzene rings is 3. The summed E-state index contributed by atoms with van der Waals surface area (Å²) in [5.74, 6) is -4.06. The lowest BCUT2D eigenvalue weighted by Gasteiger charge is -2.41. The van der Waals surface area contributed by atoms with Crippen LogP contribution in [0.3, 0.4) is 0 Å². The quantitative estimate of drug-likeness (QED) is 0.316. The van der Waals surface area contributed by atoms with E-state index in [1.807, 2.05) is 6.07 Å². The molecule has 3 atom stereocenters. The van der Waals surface area contributed by atoms with Crippen LogP contribution in [-0.2, 0) is 20.7 Å². The molecule has 1 aliphatic carbocycles. The van der Waals surface area contributed by atoms with Crippen molar-refractivity contribution in [2.45, 2.75) is 92.5 Å². The zero-order chi connectivity index (χ0) is 29.6. The number of hydrogen-bond acceptors (Lipinski definition) is 5. The normalized spacial score (nSPS) is 23.8. The maximum atomic E-state index is 16.2. The second kappa shape index (κ2) is 11.5. The largest absolute Gasteiger partial charge is 0.490 e. The van der Waals surface area contributed by atoms with Gasteiger partial charge in [0.05, 0.1) is 11.0 Å². The second-order valence-electron chi connectivity index (χ2n) is 11.7. The van der Waals surface area contributed by atoms with Gasteiger partial charge < -0.3 is 15.4 Å². The topological polar surface area (TPSA) is 102 Å². The summed E-state index contributed by atoms with van der Waals surface area (Å²) in [7, 11) is -4.54. The third kappa shape index (κ3) is 5.80. The Kier molecular flexibility index (Phi) is 8.06. The number of halogens is 3. The van der Waals surface area contributed by atoms with E-state index < -0.39 is 33.5 Å².